The molecule has 0 bridgehead atoms. The van der Waals surface area contributed by atoms with Crippen LogP contribution in [0.25, 0.3) is 0 Å². The van der Waals surface area contributed by atoms with Gasteiger partial charge >= 0.3 is 5.97 Å². The number of carbonyl (C=O) groups is 1. The van der Waals surface area contributed by atoms with Gasteiger partial charge in [-0.3, -0.25) is 0 Å². The van der Waals surface area contributed by atoms with Crippen LogP contribution in [-0.2, 0) is 0 Å². The highest BCUT2D eigenvalue weighted by molar-refractivity contribution is 9.10. The normalized spacial score (nSPS) is 14.3. The highest BCUT2D eigenvalue weighted by Crippen LogP contribution is 2.45. The number of hydrogen-bond acceptors (Lipinski definition) is 7. The number of nitrogens with zero attached hydrogens (tertiary/aromatic N) is 1. The zero-order chi connectivity index (χ0) is 26.4. The number of ether oxygens (including phenoxy) is 4. The number of fused-ring (bicyclic) bond motifs is 1. The van der Waals surface area contributed by atoms with Crippen LogP contribution >= 0.6 is 15.9 Å². The average molecular weight is 563 g/mol. The van der Waals surface area contributed by atoms with Gasteiger partial charge in [0, 0.05) is 16.1 Å². The average Bonchev–Trinajstić information content (AvgIpc) is 2.89. The van der Waals surface area contributed by atoms with Crippen molar-refractivity contribution in [3.63, 3.8) is 0 Å². The summed E-state index contributed by atoms with van der Waals surface area (Å²) in [6.07, 6.45) is 1.96. The lowest BCUT2D eigenvalue weighted by Crippen LogP contribution is -2.21. The molecule has 0 spiro atoms. The highest BCUT2D eigenvalue weighted by atomic mass is 79.9. The Hall–Kier alpha value is -3.96. The van der Waals surface area contributed by atoms with E-state index in [-0.39, 0.29) is 11.5 Å². The molecule has 1 unspecified atom stereocenters. The van der Waals surface area contributed by atoms with E-state index in [0.717, 1.165) is 28.4 Å². The molecule has 3 aromatic carbocycles. The second-order valence-corrected chi connectivity index (χ2v) is 9.28. The van der Waals surface area contributed by atoms with Crippen LogP contribution in [0, 0.1) is 11.3 Å². The topological polar surface area (TPSA) is 104 Å². The molecule has 8 heteroatoms. The first-order valence-electron chi connectivity index (χ1n) is 12.0. The molecule has 1 aliphatic heterocycles. The molecule has 0 saturated carbocycles. The molecule has 0 saturated heterocycles. The van der Waals surface area contributed by atoms with Crippen molar-refractivity contribution in [3.8, 4) is 29.1 Å². The van der Waals surface area contributed by atoms with Crippen LogP contribution in [0.3, 0.4) is 0 Å². The van der Waals surface area contributed by atoms with E-state index in [0.29, 0.717) is 41.8 Å². The first-order valence-corrected chi connectivity index (χ1v) is 12.8. The van der Waals surface area contributed by atoms with Crippen LogP contribution < -0.4 is 24.7 Å². The third kappa shape index (κ3) is 5.89. The summed E-state index contributed by atoms with van der Waals surface area (Å²) in [7, 11) is 0. The molecule has 0 radical (unpaired) electrons. The zero-order valence-electron chi connectivity index (χ0n) is 20.6. The quantitative estimate of drug-likeness (QED) is 0.181. The summed E-state index contributed by atoms with van der Waals surface area (Å²) in [5.41, 5.74) is 8.38. The second kappa shape index (κ2) is 11.8. The molecule has 7 nitrogen and oxygen atoms in total. The lowest BCUT2D eigenvalue weighted by molar-refractivity contribution is 0.0734. The van der Waals surface area contributed by atoms with Crippen molar-refractivity contribution in [1.29, 1.82) is 5.26 Å². The van der Waals surface area contributed by atoms with Gasteiger partial charge in [-0.2, -0.15) is 5.26 Å². The van der Waals surface area contributed by atoms with Crippen molar-refractivity contribution in [2.75, 3.05) is 13.2 Å². The van der Waals surface area contributed by atoms with Crippen LogP contribution in [-0.4, -0.2) is 19.2 Å². The van der Waals surface area contributed by atoms with Crippen LogP contribution in [0.1, 0.15) is 54.1 Å². The molecule has 1 heterocycles. The van der Waals surface area contributed by atoms with Crippen molar-refractivity contribution in [2.45, 2.75) is 32.6 Å². The first kappa shape index (κ1) is 26.1. The Morgan fingerprint density at radius 3 is 2.54 bits per heavy atom. The SMILES string of the molecule is CCCCOc1ccc(C2C(C#N)=C(N)Oc3cc(OC(=O)c4ccc(Br)cc4)ccc32)cc1OCC. The Morgan fingerprint density at radius 2 is 1.84 bits per heavy atom. The lowest BCUT2D eigenvalue weighted by atomic mass is 9.83. The number of hydrogen-bond donors (Lipinski definition) is 1. The molecule has 0 amide bonds. The van der Waals surface area contributed by atoms with Gasteiger partial charge < -0.3 is 24.7 Å². The van der Waals surface area contributed by atoms with Gasteiger partial charge in [0.25, 0.3) is 0 Å². The minimum Gasteiger partial charge on any atom is -0.490 e. The molecule has 0 aromatic heterocycles. The summed E-state index contributed by atoms with van der Waals surface area (Å²) in [5.74, 6) is 0.960. The Morgan fingerprint density at radius 1 is 1.05 bits per heavy atom. The maximum atomic E-state index is 12.6. The van der Waals surface area contributed by atoms with E-state index in [1.54, 1.807) is 42.5 Å². The van der Waals surface area contributed by atoms with Gasteiger partial charge in [-0.15, -0.1) is 0 Å². The van der Waals surface area contributed by atoms with Crippen LogP contribution in [0.4, 0.5) is 0 Å². The number of halogens is 1. The standard InChI is InChI=1S/C29H27BrN2O5/c1-3-5-14-35-24-13-8-19(15-26(24)34-4-2)27-22-12-11-21(16-25(22)37-28(32)23(27)17-31)36-29(33)18-6-9-20(30)10-7-18/h6-13,15-16,27H,3-5,14,32H2,1-2H3. The molecule has 190 valence electrons. The van der Waals surface area contributed by atoms with Crippen LogP contribution in [0.15, 0.2) is 76.6 Å². The third-order valence-electron chi connectivity index (χ3n) is 5.84. The van der Waals surface area contributed by atoms with Gasteiger partial charge in [0.15, 0.2) is 11.5 Å². The minimum absolute atomic E-state index is 0.00221. The fourth-order valence-electron chi connectivity index (χ4n) is 4.01. The van der Waals surface area contributed by atoms with Crippen molar-refractivity contribution >= 4 is 21.9 Å². The van der Waals surface area contributed by atoms with Crippen molar-refractivity contribution < 1.29 is 23.7 Å². The van der Waals surface area contributed by atoms with Gasteiger partial charge in [-0.25, -0.2) is 4.79 Å². The molecule has 3 aromatic rings. The van der Waals surface area contributed by atoms with E-state index in [1.807, 2.05) is 25.1 Å². The maximum Gasteiger partial charge on any atom is 0.343 e. The molecule has 4 rings (SSSR count). The Balaban J connectivity index is 1.67. The van der Waals surface area contributed by atoms with Gasteiger partial charge in [0.05, 0.1) is 24.7 Å². The number of carbonyl (C=O) groups excluding carboxylic acids is 1. The van der Waals surface area contributed by atoms with Gasteiger partial charge in [-0.05, 0) is 61.4 Å². The predicted molar refractivity (Wildman–Crippen MR) is 143 cm³/mol. The first-order chi connectivity index (χ1) is 17.9. The minimum atomic E-state index is -0.499. The van der Waals surface area contributed by atoms with Crippen LogP contribution in [0.5, 0.6) is 23.0 Å². The van der Waals surface area contributed by atoms with E-state index in [1.165, 1.54) is 0 Å². The third-order valence-corrected chi connectivity index (χ3v) is 6.37. The highest BCUT2D eigenvalue weighted by Gasteiger charge is 2.32. The maximum absolute atomic E-state index is 12.6. The molecule has 0 fully saturated rings. The summed E-state index contributed by atoms with van der Waals surface area (Å²) >= 11 is 3.35. The predicted octanol–water partition coefficient (Wildman–Crippen LogP) is 6.46. The fourth-order valence-corrected chi connectivity index (χ4v) is 4.28. The lowest BCUT2D eigenvalue weighted by Gasteiger charge is -2.27. The van der Waals surface area contributed by atoms with E-state index in [4.69, 9.17) is 24.7 Å². The molecule has 37 heavy (non-hydrogen) atoms. The van der Waals surface area contributed by atoms with E-state index < -0.39 is 11.9 Å². The van der Waals surface area contributed by atoms with Gasteiger partial charge in [-0.1, -0.05) is 41.4 Å². The summed E-state index contributed by atoms with van der Waals surface area (Å²) in [5, 5.41) is 9.91. The monoisotopic (exact) mass is 562 g/mol. The summed E-state index contributed by atoms with van der Waals surface area (Å²) in [6.45, 7) is 5.07. The van der Waals surface area contributed by atoms with E-state index >= 15 is 0 Å². The number of nitrogens with two attached hydrogens (primary N) is 1. The number of benzene rings is 3. The molecule has 1 aliphatic rings. The number of nitriles is 1. The molecule has 1 atom stereocenters. The van der Waals surface area contributed by atoms with Crippen molar-refractivity contribution in [2.24, 2.45) is 5.73 Å². The number of esters is 1. The Bertz CT molecular complexity index is 1360. The van der Waals surface area contributed by atoms with Crippen LogP contribution in [0.2, 0.25) is 0 Å². The van der Waals surface area contributed by atoms with E-state index in [9.17, 15) is 10.1 Å². The molecule has 2 N–H and O–H groups in total. The van der Waals surface area contributed by atoms with Gasteiger partial charge in [0.2, 0.25) is 5.88 Å². The summed E-state index contributed by atoms with van der Waals surface area (Å²) < 4.78 is 24.0. The number of unbranched alkanes of at least 4 members (excludes halogenated alkanes) is 1. The molecule has 0 aliphatic carbocycles. The zero-order valence-corrected chi connectivity index (χ0v) is 22.2. The van der Waals surface area contributed by atoms with Gasteiger partial charge in [0.1, 0.15) is 23.1 Å². The number of allylic oxidation sites excluding steroid dienone is 1. The Kier molecular flexibility index (Phi) is 8.36. The molecular weight excluding hydrogens is 536 g/mol. The summed E-state index contributed by atoms with van der Waals surface area (Å²) in [4.78, 5) is 12.6. The van der Waals surface area contributed by atoms with E-state index in [2.05, 4.69) is 28.9 Å². The second-order valence-electron chi connectivity index (χ2n) is 8.36. The van der Waals surface area contributed by atoms with Crippen molar-refractivity contribution in [3.05, 3.63) is 93.3 Å². The van der Waals surface area contributed by atoms with Crippen molar-refractivity contribution in [1.82, 2.24) is 0 Å². The fraction of sp³-hybridized carbons (Fsp3) is 0.241. The smallest absolute Gasteiger partial charge is 0.343 e. The number of rotatable bonds is 9. The summed E-state index contributed by atoms with van der Waals surface area (Å²) in [6, 6.07) is 19.7. The Labute approximate surface area is 224 Å². The largest absolute Gasteiger partial charge is 0.490 e. The molecular formula is C29H27BrN2O5.